The van der Waals surface area contributed by atoms with Gasteiger partial charge in [0.05, 0.1) is 24.3 Å². The zero-order valence-electron chi connectivity index (χ0n) is 17.0. The van der Waals surface area contributed by atoms with E-state index >= 15 is 0 Å². The van der Waals surface area contributed by atoms with Crippen molar-refractivity contribution in [3.63, 3.8) is 0 Å². The first kappa shape index (κ1) is 21.4. The number of nitrogens with one attached hydrogen (secondary N) is 2. The molecule has 0 bridgehead atoms. The summed E-state index contributed by atoms with van der Waals surface area (Å²) in [4.78, 5) is 15.8. The number of rotatable bonds is 8. The number of aromatic amines is 1. The predicted octanol–water partition coefficient (Wildman–Crippen LogP) is 4.77. The first-order chi connectivity index (χ1) is 14.9. The van der Waals surface area contributed by atoms with E-state index in [2.05, 4.69) is 10.3 Å². The van der Waals surface area contributed by atoms with E-state index in [4.69, 9.17) is 18.5 Å². The molecule has 1 aliphatic rings. The largest absolute Gasteiger partial charge is 0.454 e. The lowest BCUT2D eigenvalue weighted by Crippen LogP contribution is -2.23. The van der Waals surface area contributed by atoms with Crippen LogP contribution < -0.4 is 20.3 Å². The fourth-order valence-electron chi connectivity index (χ4n) is 3.39. The molecule has 1 unspecified atom stereocenters. The third kappa shape index (κ3) is 4.30. The number of hydrogen-bond acceptors (Lipinski definition) is 7. The Labute approximate surface area is 177 Å². The Hall–Kier alpha value is -2.87. The van der Waals surface area contributed by atoms with E-state index in [1.54, 1.807) is 32.0 Å². The van der Waals surface area contributed by atoms with Gasteiger partial charge in [-0.2, -0.15) is 0 Å². The van der Waals surface area contributed by atoms with Crippen molar-refractivity contribution in [3.05, 3.63) is 64.2 Å². The van der Waals surface area contributed by atoms with Crippen molar-refractivity contribution in [1.29, 1.82) is 0 Å². The van der Waals surface area contributed by atoms with Gasteiger partial charge in [-0.3, -0.25) is 9.36 Å². The minimum atomic E-state index is -3.83. The van der Waals surface area contributed by atoms with Crippen LogP contribution >= 0.6 is 7.60 Å². The summed E-state index contributed by atoms with van der Waals surface area (Å²) in [5.74, 6) is -0.464. The van der Waals surface area contributed by atoms with Gasteiger partial charge in [-0.1, -0.05) is 0 Å². The third-order valence-electron chi connectivity index (χ3n) is 4.74. The van der Waals surface area contributed by atoms with Gasteiger partial charge < -0.3 is 28.8 Å². The Bertz CT molecular complexity index is 1190. The number of fused-ring (bicyclic) bond motifs is 2. The Morgan fingerprint density at radius 2 is 1.74 bits per heavy atom. The van der Waals surface area contributed by atoms with Gasteiger partial charge in [0.2, 0.25) is 6.79 Å². The fraction of sp³-hybridized carbons (Fsp3) is 0.286. The van der Waals surface area contributed by atoms with Crippen LogP contribution in [0.5, 0.6) is 11.5 Å². The molecule has 2 aromatic carbocycles. The molecule has 0 saturated carbocycles. The van der Waals surface area contributed by atoms with E-state index in [-0.39, 0.29) is 25.6 Å². The van der Waals surface area contributed by atoms with Gasteiger partial charge in [0, 0.05) is 17.1 Å². The molecule has 0 aliphatic carbocycles. The molecule has 0 spiro atoms. The van der Waals surface area contributed by atoms with Gasteiger partial charge >= 0.3 is 7.60 Å². The van der Waals surface area contributed by atoms with Crippen LogP contribution in [0.4, 0.5) is 10.1 Å². The summed E-state index contributed by atoms with van der Waals surface area (Å²) in [6.07, 6.45) is 0. The fourth-order valence-corrected chi connectivity index (χ4v) is 5.33. The molecule has 2 N–H and O–H groups in total. The maximum atomic E-state index is 13.7. The van der Waals surface area contributed by atoms with Gasteiger partial charge in [-0.15, -0.1) is 0 Å². The van der Waals surface area contributed by atoms with Gasteiger partial charge in [0.1, 0.15) is 5.82 Å². The van der Waals surface area contributed by atoms with E-state index in [0.29, 0.717) is 28.1 Å². The highest BCUT2D eigenvalue weighted by Gasteiger charge is 2.39. The van der Waals surface area contributed by atoms with Crippen molar-refractivity contribution in [1.82, 2.24) is 4.98 Å². The average Bonchev–Trinajstić information content (AvgIpc) is 3.19. The second-order valence-electron chi connectivity index (χ2n) is 6.78. The quantitative estimate of drug-likeness (QED) is 0.479. The zero-order valence-corrected chi connectivity index (χ0v) is 17.9. The monoisotopic (exact) mass is 448 g/mol. The highest BCUT2D eigenvalue weighted by Crippen LogP contribution is 2.60. The van der Waals surface area contributed by atoms with E-state index in [1.807, 2.05) is 0 Å². The first-order valence-corrected chi connectivity index (χ1v) is 11.4. The highest BCUT2D eigenvalue weighted by molar-refractivity contribution is 7.54. The summed E-state index contributed by atoms with van der Waals surface area (Å²) in [5.41, 5.74) is 0.684. The second-order valence-corrected chi connectivity index (χ2v) is 8.89. The van der Waals surface area contributed by atoms with E-state index in [1.165, 1.54) is 24.3 Å². The summed E-state index contributed by atoms with van der Waals surface area (Å²) in [5, 5.41) is 3.69. The first-order valence-electron chi connectivity index (χ1n) is 9.81. The third-order valence-corrected chi connectivity index (χ3v) is 7.02. The molecule has 3 aromatic rings. The SMILES string of the molecule is CCOP(=O)(OCC)C(Nc1ccc(F)cc1)c1cc2cc3c(cc2[nH]c1=O)OCO3. The molecule has 1 atom stereocenters. The van der Waals surface area contributed by atoms with Crippen LogP contribution in [0.25, 0.3) is 10.9 Å². The number of pyridine rings is 1. The molecule has 0 amide bonds. The summed E-state index contributed by atoms with van der Waals surface area (Å²) >= 11 is 0. The molecule has 0 saturated heterocycles. The topological polar surface area (TPSA) is 98.9 Å². The van der Waals surface area contributed by atoms with Gasteiger partial charge in [0.25, 0.3) is 5.56 Å². The molecule has 8 nitrogen and oxygen atoms in total. The zero-order chi connectivity index (χ0) is 22.0. The Morgan fingerprint density at radius 1 is 1.10 bits per heavy atom. The van der Waals surface area contributed by atoms with Gasteiger partial charge in [0.15, 0.2) is 17.3 Å². The maximum absolute atomic E-state index is 13.7. The number of halogens is 1. The standard InChI is InChI=1S/C21H22FN2O6P/c1-3-29-31(26,30-4-2)21(23-15-7-5-14(22)6-8-15)16-9-13-10-18-19(28-12-27-18)11-17(13)24-20(16)25/h5-11,21,23H,3-4,12H2,1-2H3,(H,24,25). The van der Waals surface area contributed by atoms with Gasteiger partial charge in [-0.25, -0.2) is 4.39 Å². The lowest BCUT2D eigenvalue weighted by atomic mass is 10.1. The molecule has 2 heterocycles. The summed E-state index contributed by atoms with van der Waals surface area (Å²) in [6, 6.07) is 10.5. The van der Waals surface area contributed by atoms with Crippen LogP contribution in [0, 0.1) is 5.82 Å². The highest BCUT2D eigenvalue weighted by atomic mass is 31.2. The van der Waals surface area contributed by atoms with E-state index in [0.717, 1.165) is 0 Å². The van der Waals surface area contributed by atoms with Crippen molar-refractivity contribution in [3.8, 4) is 11.5 Å². The van der Waals surface area contributed by atoms with Crippen molar-refractivity contribution in [2.45, 2.75) is 19.6 Å². The Balaban J connectivity index is 1.85. The van der Waals surface area contributed by atoms with Crippen LogP contribution in [0.3, 0.4) is 0 Å². The van der Waals surface area contributed by atoms with Crippen molar-refractivity contribution in [2.24, 2.45) is 0 Å². The van der Waals surface area contributed by atoms with Crippen LogP contribution in [0.15, 0.2) is 47.3 Å². The Morgan fingerprint density at radius 3 is 2.39 bits per heavy atom. The van der Waals surface area contributed by atoms with Crippen molar-refractivity contribution < 1.29 is 27.5 Å². The molecule has 0 fully saturated rings. The lowest BCUT2D eigenvalue weighted by Gasteiger charge is -2.27. The average molecular weight is 448 g/mol. The molecular formula is C21H22FN2O6P. The van der Waals surface area contributed by atoms with Crippen LogP contribution in [-0.2, 0) is 13.6 Å². The predicted molar refractivity (Wildman–Crippen MR) is 114 cm³/mol. The molecule has 1 aliphatic heterocycles. The molecule has 1 aromatic heterocycles. The minimum Gasteiger partial charge on any atom is -0.454 e. The number of benzene rings is 2. The molecule has 164 valence electrons. The minimum absolute atomic E-state index is 0.0986. The maximum Gasteiger partial charge on any atom is 0.357 e. The number of ether oxygens (including phenoxy) is 2. The number of hydrogen-bond donors (Lipinski definition) is 2. The number of anilines is 1. The molecule has 4 rings (SSSR count). The van der Waals surface area contributed by atoms with Crippen LogP contribution in [0.1, 0.15) is 25.2 Å². The number of aromatic nitrogens is 1. The van der Waals surface area contributed by atoms with Crippen LogP contribution in [-0.4, -0.2) is 25.0 Å². The molecule has 31 heavy (non-hydrogen) atoms. The lowest BCUT2D eigenvalue weighted by molar-refractivity contribution is 0.174. The normalized spacial score (nSPS) is 14.0. The van der Waals surface area contributed by atoms with E-state index in [9.17, 15) is 13.8 Å². The molecule has 0 radical (unpaired) electrons. The van der Waals surface area contributed by atoms with Crippen LogP contribution in [0.2, 0.25) is 0 Å². The molecule has 10 heteroatoms. The van der Waals surface area contributed by atoms with Crippen molar-refractivity contribution in [2.75, 3.05) is 25.3 Å². The van der Waals surface area contributed by atoms with E-state index < -0.39 is 24.8 Å². The Kier molecular flexibility index (Phi) is 6.00. The summed E-state index contributed by atoms with van der Waals surface area (Å²) < 4.78 is 48.9. The summed E-state index contributed by atoms with van der Waals surface area (Å²) in [7, 11) is -3.83. The van der Waals surface area contributed by atoms with Crippen molar-refractivity contribution >= 4 is 24.2 Å². The second kappa shape index (κ2) is 8.70. The smallest absolute Gasteiger partial charge is 0.357 e. The molecular weight excluding hydrogens is 426 g/mol. The van der Waals surface area contributed by atoms with Gasteiger partial charge in [-0.05, 0) is 50.2 Å². The number of H-pyrrole nitrogens is 1. The summed E-state index contributed by atoms with van der Waals surface area (Å²) in [6.45, 7) is 3.70.